The number of carbonyl (C=O) groups excluding carboxylic acids is 2. The van der Waals surface area contributed by atoms with Crippen molar-refractivity contribution >= 4 is 29.0 Å². The van der Waals surface area contributed by atoms with Crippen LogP contribution in [0.3, 0.4) is 0 Å². The third-order valence-electron chi connectivity index (χ3n) is 6.39. The highest BCUT2D eigenvalue weighted by Gasteiger charge is 2.23. The fraction of sp³-hybridized carbons (Fsp3) is 0.370. The molecule has 0 bridgehead atoms. The van der Waals surface area contributed by atoms with E-state index in [9.17, 15) is 9.59 Å². The van der Waals surface area contributed by atoms with Crippen LogP contribution in [0.1, 0.15) is 64.6 Å². The third-order valence-corrected chi connectivity index (χ3v) is 6.39. The van der Waals surface area contributed by atoms with Gasteiger partial charge in [0.15, 0.2) is 0 Å². The predicted octanol–water partition coefficient (Wildman–Crippen LogP) is 3.85. The van der Waals surface area contributed by atoms with Crippen molar-refractivity contribution in [3.8, 4) is 0 Å². The third kappa shape index (κ3) is 5.89. The number of nitrogens with zero attached hydrogens (tertiary/aromatic N) is 2. The van der Waals surface area contributed by atoms with Crippen LogP contribution in [0.2, 0.25) is 0 Å². The summed E-state index contributed by atoms with van der Waals surface area (Å²) in [5.74, 6) is -0.481. The average molecular weight is 477 g/mol. The van der Waals surface area contributed by atoms with E-state index in [1.54, 1.807) is 18.3 Å². The van der Waals surface area contributed by atoms with E-state index in [2.05, 4.69) is 10.5 Å². The molecule has 0 unspecified atom stereocenters. The number of hydrogen-bond donors (Lipinski definition) is 2. The molecule has 0 atom stereocenters. The highest BCUT2D eigenvalue weighted by Crippen LogP contribution is 2.24. The molecule has 184 valence electrons. The van der Waals surface area contributed by atoms with Crippen molar-refractivity contribution < 1.29 is 19.2 Å². The first-order chi connectivity index (χ1) is 17.0. The molecule has 1 heterocycles. The lowest BCUT2D eigenvalue weighted by atomic mass is 9.92. The summed E-state index contributed by atoms with van der Waals surface area (Å²) in [4.78, 5) is 30.3. The van der Waals surface area contributed by atoms with Crippen molar-refractivity contribution in [1.82, 2.24) is 9.88 Å². The van der Waals surface area contributed by atoms with Crippen LogP contribution >= 0.6 is 0 Å². The van der Waals surface area contributed by atoms with E-state index in [-0.39, 0.29) is 24.0 Å². The van der Waals surface area contributed by atoms with Crippen LogP contribution in [-0.2, 0) is 16.1 Å². The maximum absolute atomic E-state index is 13.4. The lowest BCUT2D eigenvalue weighted by Crippen LogP contribution is -2.41. The molecule has 0 spiro atoms. The zero-order valence-corrected chi connectivity index (χ0v) is 20.2. The van der Waals surface area contributed by atoms with Crippen LogP contribution in [0.4, 0.5) is 0 Å². The van der Waals surface area contributed by atoms with Crippen LogP contribution in [0.15, 0.2) is 53.7 Å². The van der Waals surface area contributed by atoms with Crippen LogP contribution in [0.25, 0.3) is 10.9 Å². The number of methoxy groups -OCH3 is 1. The number of ether oxygens (including phenoxy) is 1. The summed E-state index contributed by atoms with van der Waals surface area (Å²) < 4.78 is 6.80. The summed E-state index contributed by atoms with van der Waals surface area (Å²) in [6.45, 7) is 2.84. The summed E-state index contributed by atoms with van der Waals surface area (Å²) in [6.07, 6.45) is 5.28. The van der Waals surface area contributed by atoms with Crippen molar-refractivity contribution in [2.45, 2.75) is 51.2 Å². The standard InChI is InChI=1S/C27H32N4O4/c1-3-35-29-16-19-6-9-21-15-25(26(32)30-23-12-10-22(28)11-13-23)31(24(21)14-19)17-18-4-7-20(8-5-18)27(33)34-2/h4-9,14-16,22-23H,3,10-13,17,28H2,1-2H3,(H,30,32)/b29-16+. The van der Waals surface area contributed by atoms with Gasteiger partial charge in [0.25, 0.3) is 5.91 Å². The molecule has 2 aromatic carbocycles. The van der Waals surface area contributed by atoms with E-state index in [0.717, 1.165) is 47.7 Å². The monoisotopic (exact) mass is 476 g/mol. The van der Waals surface area contributed by atoms with Crippen molar-refractivity contribution in [3.05, 3.63) is 70.9 Å². The number of aromatic nitrogens is 1. The summed E-state index contributed by atoms with van der Waals surface area (Å²) in [6, 6.07) is 15.4. The molecule has 0 radical (unpaired) electrons. The second kappa shape index (κ2) is 11.2. The van der Waals surface area contributed by atoms with E-state index < -0.39 is 0 Å². The molecule has 1 aliphatic rings. The van der Waals surface area contributed by atoms with Crippen molar-refractivity contribution in [1.29, 1.82) is 0 Å². The minimum atomic E-state index is -0.381. The number of rotatable bonds is 8. The maximum Gasteiger partial charge on any atom is 0.337 e. The first-order valence-electron chi connectivity index (χ1n) is 12.0. The Morgan fingerprint density at radius 2 is 1.86 bits per heavy atom. The molecule has 1 fully saturated rings. The van der Waals surface area contributed by atoms with Gasteiger partial charge in [-0.2, -0.15) is 0 Å². The first-order valence-corrected chi connectivity index (χ1v) is 12.0. The Balaban J connectivity index is 1.67. The summed E-state index contributed by atoms with van der Waals surface area (Å²) >= 11 is 0. The largest absolute Gasteiger partial charge is 0.465 e. The fourth-order valence-corrected chi connectivity index (χ4v) is 4.45. The zero-order valence-electron chi connectivity index (χ0n) is 20.2. The van der Waals surface area contributed by atoms with E-state index in [1.165, 1.54) is 7.11 Å². The van der Waals surface area contributed by atoms with E-state index in [0.29, 0.717) is 24.4 Å². The van der Waals surface area contributed by atoms with Gasteiger partial charge in [-0.1, -0.05) is 29.4 Å². The topological polar surface area (TPSA) is 108 Å². The molecule has 4 rings (SSSR count). The number of oxime groups is 1. The van der Waals surface area contributed by atoms with E-state index in [1.807, 2.05) is 47.9 Å². The minimum absolute atomic E-state index is 0.0996. The second-order valence-electron chi connectivity index (χ2n) is 8.86. The molecule has 1 aromatic heterocycles. The van der Waals surface area contributed by atoms with Crippen LogP contribution in [-0.4, -0.2) is 48.5 Å². The van der Waals surface area contributed by atoms with Gasteiger partial charge in [-0.25, -0.2) is 4.79 Å². The zero-order chi connectivity index (χ0) is 24.8. The number of amides is 1. The molecule has 35 heavy (non-hydrogen) atoms. The van der Waals surface area contributed by atoms with Crippen molar-refractivity contribution in [2.24, 2.45) is 10.9 Å². The molecule has 0 saturated heterocycles. The Kier molecular flexibility index (Phi) is 7.82. The van der Waals surface area contributed by atoms with Crippen LogP contribution < -0.4 is 11.1 Å². The van der Waals surface area contributed by atoms with Crippen molar-refractivity contribution in [3.63, 3.8) is 0 Å². The molecule has 3 aromatic rings. The molecular weight excluding hydrogens is 444 g/mol. The Labute approximate surface area is 205 Å². The fourth-order valence-electron chi connectivity index (χ4n) is 4.45. The molecular formula is C27H32N4O4. The maximum atomic E-state index is 13.4. The highest BCUT2D eigenvalue weighted by molar-refractivity contribution is 6.00. The molecule has 0 aliphatic heterocycles. The number of carbonyl (C=O) groups is 2. The number of fused-ring (bicyclic) bond motifs is 1. The molecule has 3 N–H and O–H groups in total. The predicted molar refractivity (Wildman–Crippen MR) is 136 cm³/mol. The van der Waals surface area contributed by atoms with Gasteiger partial charge in [0, 0.05) is 29.5 Å². The van der Waals surface area contributed by atoms with Gasteiger partial charge in [-0.3, -0.25) is 4.79 Å². The summed E-state index contributed by atoms with van der Waals surface area (Å²) in [5.41, 5.74) is 9.85. The highest BCUT2D eigenvalue weighted by atomic mass is 16.6. The number of hydrogen-bond acceptors (Lipinski definition) is 6. The SMILES string of the molecule is CCO/N=C/c1ccc2cc(C(=O)NC3CCC(N)CC3)n(Cc3ccc(C(=O)OC)cc3)c2c1. The number of benzene rings is 2. The minimum Gasteiger partial charge on any atom is -0.465 e. The molecule has 1 saturated carbocycles. The quantitative estimate of drug-likeness (QED) is 0.292. The Bertz CT molecular complexity index is 1210. The number of nitrogens with one attached hydrogen (secondary N) is 1. The number of esters is 1. The van der Waals surface area contributed by atoms with Crippen LogP contribution in [0, 0.1) is 0 Å². The molecule has 8 nitrogen and oxygen atoms in total. The van der Waals surface area contributed by atoms with E-state index >= 15 is 0 Å². The van der Waals surface area contributed by atoms with Gasteiger partial charge in [0.05, 0.1) is 18.9 Å². The Morgan fingerprint density at radius 3 is 2.54 bits per heavy atom. The van der Waals surface area contributed by atoms with Crippen LogP contribution in [0.5, 0.6) is 0 Å². The molecule has 1 aliphatic carbocycles. The van der Waals surface area contributed by atoms with Gasteiger partial charge in [0.1, 0.15) is 12.3 Å². The van der Waals surface area contributed by atoms with Crippen molar-refractivity contribution in [2.75, 3.05) is 13.7 Å². The van der Waals surface area contributed by atoms with Gasteiger partial charge in [-0.05, 0) is 68.0 Å². The normalized spacial score (nSPS) is 18.0. The Hall–Kier alpha value is -3.65. The summed E-state index contributed by atoms with van der Waals surface area (Å²) in [5, 5.41) is 8.14. The van der Waals surface area contributed by atoms with Gasteiger partial charge < -0.3 is 25.2 Å². The smallest absolute Gasteiger partial charge is 0.337 e. The van der Waals surface area contributed by atoms with Gasteiger partial charge in [-0.15, -0.1) is 0 Å². The van der Waals surface area contributed by atoms with Gasteiger partial charge >= 0.3 is 5.97 Å². The molecule has 1 amide bonds. The lowest BCUT2D eigenvalue weighted by Gasteiger charge is -2.27. The Morgan fingerprint density at radius 1 is 1.11 bits per heavy atom. The van der Waals surface area contributed by atoms with Gasteiger partial charge in [0.2, 0.25) is 0 Å². The second-order valence-corrected chi connectivity index (χ2v) is 8.86. The van der Waals surface area contributed by atoms with E-state index in [4.69, 9.17) is 15.3 Å². The molecule has 8 heteroatoms. The summed E-state index contributed by atoms with van der Waals surface area (Å²) in [7, 11) is 1.36. The average Bonchev–Trinajstić information content (AvgIpc) is 3.23. The lowest BCUT2D eigenvalue weighted by molar-refractivity contribution is 0.0600. The first kappa shape index (κ1) is 24.5. The number of nitrogens with two attached hydrogens (primary N) is 1.